The maximum absolute atomic E-state index is 13.8. The van der Waals surface area contributed by atoms with E-state index in [0.717, 1.165) is 11.6 Å². The zero-order valence-corrected chi connectivity index (χ0v) is 21.1. The van der Waals surface area contributed by atoms with Crippen molar-refractivity contribution in [3.05, 3.63) is 71.0 Å². The summed E-state index contributed by atoms with van der Waals surface area (Å²) >= 11 is 0. The molecule has 2 aliphatic heterocycles. The summed E-state index contributed by atoms with van der Waals surface area (Å²) in [4.78, 5) is 48.6. The zero-order chi connectivity index (χ0) is 28.2. The Morgan fingerprint density at radius 2 is 1.85 bits per heavy atom. The van der Waals surface area contributed by atoms with Gasteiger partial charge in [0, 0.05) is 26.1 Å². The summed E-state index contributed by atoms with van der Waals surface area (Å²) in [6, 6.07) is 10.3. The molecule has 0 aromatic heterocycles. The fraction of sp³-hybridized carbons (Fsp3) is 0.423. The fourth-order valence-corrected chi connectivity index (χ4v) is 4.84. The summed E-state index contributed by atoms with van der Waals surface area (Å²) in [5.41, 5.74) is 2.15. The molecule has 13 heteroatoms. The van der Waals surface area contributed by atoms with E-state index in [0.29, 0.717) is 12.1 Å². The second-order valence-corrected chi connectivity index (χ2v) is 9.23. The van der Waals surface area contributed by atoms with Gasteiger partial charge in [0.25, 0.3) is 0 Å². The molecule has 0 aliphatic carbocycles. The number of nitrogens with one attached hydrogen (secondary N) is 1. The number of hydrogen-bond donors (Lipinski definition) is 1. The van der Waals surface area contributed by atoms with Crippen molar-refractivity contribution in [2.75, 3.05) is 26.7 Å². The molecule has 2 aliphatic rings. The molecule has 0 radical (unpaired) electrons. The van der Waals surface area contributed by atoms with Crippen molar-refractivity contribution in [1.29, 1.82) is 0 Å². The first-order valence-electron chi connectivity index (χ1n) is 12.3. The Balaban J connectivity index is 1.55. The summed E-state index contributed by atoms with van der Waals surface area (Å²) in [7, 11) is 1.42. The van der Waals surface area contributed by atoms with E-state index in [-0.39, 0.29) is 56.4 Å². The average molecular weight is 553 g/mol. The van der Waals surface area contributed by atoms with Crippen LogP contribution in [0.4, 0.5) is 22.4 Å². The van der Waals surface area contributed by atoms with E-state index in [4.69, 9.17) is 9.57 Å². The van der Waals surface area contributed by atoms with Crippen molar-refractivity contribution in [3.8, 4) is 0 Å². The number of hydrogen-bond acceptors (Lipinski definition) is 6. The average Bonchev–Trinajstić information content (AvgIpc) is 2.89. The van der Waals surface area contributed by atoms with E-state index >= 15 is 0 Å². The van der Waals surface area contributed by atoms with Gasteiger partial charge in [0.15, 0.2) is 0 Å². The molecule has 3 amide bonds. The van der Waals surface area contributed by atoms with Crippen LogP contribution < -0.4 is 5.48 Å². The second kappa shape index (κ2) is 12.0. The number of benzene rings is 2. The van der Waals surface area contributed by atoms with Crippen LogP contribution in [-0.4, -0.2) is 71.6 Å². The molecular weight excluding hydrogens is 524 g/mol. The van der Waals surface area contributed by atoms with Gasteiger partial charge in [-0.05, 0) is 35.7 Å². The van der Waals surface area contributed by atoms with Gasteiger partial charge in [-0.15, -0.1) is 0 Å². The predicted molar refractivity (Wildman–Crippen MR) is 129 cm³/mol. The first-order chi connectivity index (χ1) is 18.6. The topological polar surface area (TPSA) is 91.4 Å². The third-order valence-electron chi connectivity index (χ3n) is 6.61. The van der Waals surface area contributed by atoms with Gasteiger partial charge in [0.1, 0.15) is 24.6 Å². The van der Waals surface area contributed by atoms with Gasteiger partial charge in [-0.25, -0.2) is 14.7 Å². The van der Waals surface area contributed by atoms with Gasteiger partial charge in [-0.1, -0.05) is 30.3 Å². The number of alkyl halides is 3. The number of carbonyl (C=O) groups excluding carboxylic acids is 3. The number of nitrogens with zero attached hydrogens (tertiary/aromatic N) is 3. The minimum absolute atomic E-state index is 0.00774. The van der Waals surface area contributed by atoms with Gasteiger partial charge in [-0.2, -0.15) is 13.2 Å². The first-order valence-corrected chi connectivity index (χ1v) is 12.3. The lowest BCUT2D eigenvalue weighted by Gasteiger charge is -2.51. The molecule has 2 aromatic carbocycles. The highest BCUT2D eigenvalue weighted by molar-refractivity contribution is 5.90. The molecule has 39 heavy (non-hydrogen) atoms. The van der Waals surface area contributed by atoms with Crippen LogP contribution in [0.1, 0.15) is 29.5 Å². The Hall–Kier alpha value is -3.71. The molecule has 2 atom stereocenters. The van der Waals surface area contributed by atoms with Gasteiger partial charge < -0.3 is 19.4 Å². The van der Waals surface area contributed by atoms with Crippen LogP contribution in [0.3, 0.4) is 0 Å². The molecule has 0 saturated carbocycles. The van der Waals surface area contributed by atoms with Crippen LogP contribution in [0.5, 0.6) is 0 Å². The Bertz CT molecular complexity index is 1200. The Kier molecular flexibility index (Phi) is 8.70. The molecule has 9 nitrogen and oxygen atoms in total. The lowest BCUT2D eigenvalue weighted by molar-refractivity contribution is -0.169. The highest BCUT2D eigenvalue weighted by atomic mass is 19.4. The number of amides is 3. The first kappa shape index (κ1) is 28.3. The van der Waals surface area contributed by atoms with E-state index in [2.05, 4.69) is 5.48 Å². The van der Waals surface area contributed by atoms with Gasteiger partial charge in [-0.3, -0.25) is 14.5 Å². The monoisotopic (exact) mass is 552 g/mol. The quantitative estimate of drug-likeness (QED) is 0.307. The SMILES string of the molecule is CONCC[C@H]1C(=O)N(Cc2ccccc2)C[C@@H]2N(C(=O)OCc3cc(F)cc(C(F)(F)F)c3)CCC(=O)N21. The smallest absolute Gasteiger partial charge is 0.416 e. The molecule has 0 unspecified atom stereocenters. The lowest BCUT2D eigenvalue weighted by atomic mass is 10.0. The molecule has 0 bridgehead atoms. The molecule has 0 spiro atoms. The maximum Gasteiger partial charge on any atom is 0.416 e. The summed E-state index contributed by atoms with van der Waals surface area (Å²) in [5.74, 6) is -1.70. The van der Waals surface area contributed by atoms with Crippen LogP contribution in [0.25, 0.3) is 0 Å². The van der Waals surface area contributed by atoms with Gasteiger partial charge in [0.2, 0.25) is 11.8 Å². The third-order valence-corrected chi connectivity index (χ3v) is 6.61. The maximum atomic E-state index is 13.8. The minimum Gasteiger partial charge on any atom is -0.444 e. The molecule has 2 heterocycles. The normalized spacial score (nSPS) is 19.8. The Morgan fingerprint density at radius 1 is 1.10 bits per heavy atom. The molecule has 2 aromatic rings. The molecule has 210 valence electrons. The molecule has 1 N–H and O–H groups in total. The third kappa shape index (κ3) is 6.66. The highest BCUT2D eigenvalue weighted by Gasteiger charge is 2.49. The van der Waals surface area contributed by atoms with Crippen molar-refractivity contribution in [2.45, 2.75) is 44.4 Å². The van der Waals surface area contributed by atoms with E-state index < -0.39 is 42.5 Å². The number of hydroxylamine groups is 1. The lowest BCUT2D eigenvalue weighted by Crippen LogP contribution is -2.71. The molecular formula is C26H28F4N4O5. The molecule has 4 rings (SSSR count). The van der Waals surface area contributed by atoms with Crippen molar-refractivity contribution in [3.63, 3.8) is 0 Å². The van der Waals surface area contributed by atoms with Crippen molar-refractivity contribution in [1.82, 2.24) is 20.2 Å². The molecule has 2 fully saturated rings. The molecule has 2 saturated heterocycles. The van der Waals surface area contributed by atoms with E-state index in [1.807, 2.05) is 30.3 Å². The van der Waals surface area contributed by atoms with E-state index in [1.54, 1.807) is 4.90 Å². The number of rotatable bonds is 8. The van der Waals surface area contributed by atoms with E-state index in [1.165, 1.54) is 16.9 Å². The summed E-state index contributed by atoms with van der Waals surface area (Å²) in [6.45, 7) is -0.0925. The van der Waals surface area contributed by atoms with Crippen LogP contribution in [0, 0.1) is 5.82 Å². The summed E-state index contributed by atoms with van der Waals surface area (Å²) < 4.78 is 58.3. The summed E-state index contributed by atoms with van der Waals surface area (Å²) in [5, 5.41) is 0. The zero-order valence-electron chi connectivity index (χ0n) is 21.1. The van der Waals surface area contributed by atoms with E-state index in [9.17, 15) is 31.9 Å². The number of carbonyl (C=O) groups is 3. The number of fused-ring (bicyclic) bond motifs is 1. The number of piperazine rings is 1. The Morgan fingerprint density at radius 3 is 2.54 bits per heavy atom. The van der Waals surface area contributed by atoms with Crippen molar-refractivity contribution in [2.24, 2.45) is 0 Å². The van der Waals surface area contributed by atoms with Crippen molar-refractivity contribution < 1.29 is 41.5 Å². The number of ether oxygens (including phenoxy) is 1. The second-order valence-electron chi connectivity index (χ2n) is 9.23. The standard InChI is InChI=1S/C26H28F4N4O5/c1-38-31-9-7-21-24(36)32(14-17-5-3-2-4-6-17)15-22-33(10-8-23(35)34(21)22)25(37)39-16-18-11-19(26(28,29)30)13-20(27)12-18/h2-6,11-13,21-22,31H,7-10,14-16H2,1H3/t21-,22+/m0/s1. The minimum atomic E-state index is -4.77. The highest BCUT2D eigenvalue weighted by Crippen LogP contribution is 2.31. The van der Waals surface area contributed by atoms with Crippen LogP contribution >= 0.6 is 0 Å². The summed E-state index contributed by atoms with van der Waals surface area (Å²) in [6.07, 6.45) is -6.36. The van der Waals surface area contributed by atoms with Crippen LogP contribution in [-0.2, 0) is 38.5 Å². The van der Waals surface area contributed by atoms with Gasteiger partial charge in [0.05, 0.1) is 19.2 Å². The van der Waals surface area contributed by atoms with Gasteiger partial charge >= 0.3 is 12.3 Å². The van der Waals surface area contributed by atoms with Crippen LogP contribution in [0.15, 0.2) is 48.5 Å². The Labute approximate surface area is 222 Å². The van der Waals surface area contributed by atoms with Crippen LogP contribution in [0.2, 0.25) is 0 Å². The largest absolute Gasteiger partial charge is 0.444 e. The fourth-order valence-electron chi connectivity index (χ4n) is 4.84. The predicted octanol–water partition coefficient (Wildman–Crippen LogP) is 3.29. The van der Waals surface area contributed by atoms with Crippen molar-refractivity contribution >= 4 is 17.9 Å². The number of halogens is 4.